The van der Waals surface area contributed by atoms with Gasteiger partial charge in [-0.2, -0.15) is 0 Å². The zero-order chi connectivity index (χ0) is 13.9. The third-order valence-corrected chi connectivity index (χ3v) is 2.75. The number of nitrogens with one attached hydrogen (secondary N) is 1. The molecule has 2 unspecified atom stereocenters. The number of halogens is 3. The largest absolute Gasteiger partial charge is 0.349 e. The Hall–Kier alpha value is -1.16. The maximum atomic E-state index is 13.7. The van der Waals surface area contributed by atoms with Crippen molar-refractivity contribution < 1.29 is 13.6 Å². The minimum Gasteiger partial charge on any atom is -0.349 e. The molecule has 2 nitrogen and oxygen atoms in total. The van der Waals surface area contributed by atoms with E-state index in [9.17, 15) is 13.6 Å². The summed E-state index contributed by atoms with van der Waals surface area (Å²) in [6.45, 7) is 5.01. The summed E-state index contributed by atoms with van der Waals surface area (Å²) in [6, 6.07) is 2.14. The van der Waals surface area contributed by atoms with Crippen molar-refractivity contribution >= 4 is 17.5 Å². The predicted octanol–water partition coefficient (Wildman–Crippen LogP) is 3.41. The number of hydrogen-bond donors (Lipinski definition) is 1. The van der Waals surface area contributed by atoms with Crippen molar-refractivity contribution in [3.8, 4) is 0 Å². The van der Waals surface area contributed by atoms with Gasteiger partial charge in [-0.25, -0.2) is 8.78 Å². The molecular weight excluding hydrogens is 260 g/mol. The predicted molar refractivity (Wildman–Crippen MR) is 68.0 cm³/mol. The molecule has 0 aromatic heterocycles. The molecule has 0 fully saturated rings. The number of hydrogen-bond acceptors (Lipinski definition) is 1. The summed E-state index contributed by atoms with van der Waals surface area (Å²) >= 11 is 5.79. The minimum absolute atomic E-state index is 0.118. The lowest BCUT2D eigenvalue weighted by molar-refractivity contribution is 0.0930. The van der Waals surface area contributed by atoms with Gasteiger partial charge >= 0.3 is 0 Å². The number of benzene rings is 1. The van der Waals surface area contributed by atoms with Crippen LogP contribution in [0, 0.1) is 18.6 Å². The van der Waals surface area contributed by atoms with Crippen LogP contribution in [0.2, 0.25) is 0 Å². The normalized spacial score (nSPS) is 14.1. The van der Waals surface area contributed by atoms with Crippen molar-refractivity contribution in [3.05, 3.63) is 34.9 Å². The first kappa shape index (κ1) is 14.9. The highest BCUT2D eigenvalue weighted by Crippen LogP contribution is 2.16. The summed E-state index contributed by atoms with van der Waals surface area (Å²) in [7, 11) is 0. The lowest BCUT2D eigenvalue weighted by Crippen LogP contribution is -2.35. The molecule has 0 spiro atoms. The molecule has 0 aliphatic heterocycles. The fourth-order valence-electron chi connectivity index (χ4n) is 1.71. The van der Waals surface area contributed by atoms with Crippen molar-refractivity contribution in [2.45, 2.75) is 38.6 Å². The van der Waals surface area contributed by atoms with E-state index in [1.165, 1.54) is 13.0 Å². The van der Waals surface area contributed by atoms with Gasteiger partial charge in [0.15, 0.2) is 0 Å². The van der Waals surface area contributed by atoms with Crippen LogP contribution in [0.25, 0.3) is 0 Å². The third-order valence-electron chi connectivity index (χ3n) is 2.57. The van der Waals surface area contributed by atoms with E-state index in [-0.39, 0.29) is 17.0 Å². The molecule has 2 atom stereocenters. The molecule has 18 heavy (non-hydrogen) atoms. The van der Waals surface area contributed by atoms with Crippen molar-refractivity contribution in [3.63, 3.8) is 0 Å². The standard InChI is InChI=1S/C13H16ClF2NO/c1-7-4-5-10(15)11(12(7)16)13(18)17-9(3)6-8(2)14/h4-5,8-9H,6H2,1-3H3,(H,17,18). The highest BCUT2D eigenvalue weighted by Gasteiger charge is 2.20. The van der Waals surface area contributed by atoms with Crippen LogP contribution in [-0.4, -0.2) is 17.3 Å². The average molecular weight is 276 g/mol. The number of carbonyl (C=O) groups excluding carboxylic acids is 1. The first-order valence-corrected chi connectivity index (χ1v) is 6.16. The SMILES string of the molecule is Cc1ccc(F)c(C(=O)NC(C)CC(C)Cl)c1F. The van der Waals surface area contributed by atoms with Crippen LogP contribution < -0.4 is 5.32 Å². The van der Waals surface area contributed by atoms with Gasteiger partial charge in [0.25, 0.3) is 5.91 Å². The molecule has 0 saturated carbocycles. The summed E-state index contributed by atoms with van der Waals surface area (Å²) in [5, 5.41) is 2.41. The van der Waals surface area contributed by atoms with Gasteiger partial charge in [0.2, 0.25) is 0 Å². The van der Waals surface area contributed by atoms with Crippen LogP contribution in [0.15, 0.2) is 12.1 Å². The van der Waals surface area contributed by atoms with Gasteiger partial charge in [0, 0.05) is 11.4 Å². The van der Waals surface area contributed by atoms with Gasteiger partial charge in [-0.15, -0.1) is 11.6 Å². The summed E-state index contributed by atoms with van der Waals surface area (Å²) in [6.07, 6.45) is 0.530. The molecule has 1 aromatic carbocycles. The molecular formula is C13H16ClF2NO. The van der Waals surface area contributed by atoms with E-state index in [2.05, 4.69) is 5.32 Å². The monoisotopic (exact) mass is 275 g/mol. The van der Waals surface area contributed by atoms with Crippen LogP contribution in [0.4, 0.5) is 8.78 Å². The first-order chi connectivity index (χ1) is 8.32. The van der Waals surface area contributed by atoms with Crippen molar-refractivity contribution in [1.29, 1.82) is 0 Å². The van der Waals surface area contributed by atoms with Crippen LogP contribution in [0.5, 0.6) is 0 Å². The Morgan fingerprint density at radius 1 is 1.39 bits per heavy atom. The molecule has 100 valence electrons. The quantitative estimate of drug-likeness (QED) is 0.839. The van der Waals surface area contributed by atoms with Gasteiger partial charge < -0.3 is 5.32 Å². The molecule has 1 amide bonds. The average Bonchev–Trinajstić information content (AvgIpc) is 2.22. The number of carbonyl (C=O) groups is 1. The summed E-state index contributed by atoms with van der Waals surface area (Å²) in [4.78, 5) is 11.8. The second kappa shape index (κ2) is 6.14. The Morgan fingerprint density at radius 2 is 2.00 bits per heavy atom. The van der Waals surface area contributed by atoms with E-state index in [1.807, 2.05) is 0 Å². The Morgan fingerprint density at radius 3 is 2.56 bits per heavy atom. The summed E-state index contributed by atoms with van der Waals surface area (Å²) < 4.78 is 27.2. The Labute approximate surface area is 110 Å². The molecule has 0 saturated heterocycles. The molecule has 0 aliphatic carbocycles. The summed E-state index contributed by atoms with van der Waals surface area (Å²) in [5.74, 6) is -2.43. The molecule has 1 aromatic rings. The van der Waals surface area contributed by atoms with E-state index in [0.29, 0.717) is 6.42 Å². The van der Waals surface area contributed by atoms with Gasteiger partial charge in [-0.05, 0) is 38.8 Å². The van der Waals surface area contributed by atoms with Crippen LogP contribution in [-0.2, 0) is 0 Å². The van der Waals surface area contributed by atoms with Crippen LogP contribution >= 0.6 is 11.6 Å². The lowest BCUT2D eigenvalue weighted by Gasteiger charge is -2.16. The van der Waals surface area contributed by atoms with E-state index >= 15 is 0 Å². The molecule has 0 radical (unpaired) electrons. The van der Waals surface area contributed by atoms with Crippen molar-refractivity contribution in [2.24, 2.45) is 0 Å². The van der Waals surface area contributed by atoms with Gasteiger partial charge in [-0.1, -0.05) is 6.07 Å². The Kier molecular flexibility index (Phi) is 5.08. The Balaban J connectivity index is 2.88. The first-order valence-electron chi connectivity index (χ1n) is 5.72. The molecule has 5 heteroatoms. The van der Waals surface area contributed by atoms with Crippen molar-refractivity contribution in [1.82, 2.24) is 5.32 Å². The van der Waals surface area contributed by atoms with E-state index in [4.69, 9.17) is 11.6 Å². The highest BCUT2D eigenvalue weighted by molar-refractivity contribution is 6.20. The van der Waals surface area contributed by atoms with E-state index in [0.717, 1.165) is 6.07 Å². The number of aryl methyl sites for hydroxylation is 1. The second-order valence-corrected chi connectivity index (χ2v) is 5.19. The van der Waals surface area contributed by atoms with Gasteiger partial charge in [0.05, 0.1) is 0 Å². The lowest BCUT2D eigenvalue weighted by atomic mass is 10.1. The molecule has 0 aliphatic rings. The van der Waals surface area contributed by atoms with Crippen LogP contribution in [0.3, 0.4) is 0 Å². The maximum absolute atomic E-state index is 13.7. The van der Waals surface area contributed by atoms with E-state index < -0.39 is 23.1 Å². The summed E-state index contributed by atoms with van der Waals surface area (Å²) in [5.41, 5.74) is -0.302. The topological polar surface area (TPSA) is 29.1 Å². The Bertz CT molecular complexity index is 449. The minimum atomic E-state index is -0.860. The van der Waals surface area contributed by atoms with Gasteiger partial charge in [-0.3, -0.25) is 4.79 Å². The molecule has 1 N–H and O–H groups in total. The number of amides is 1. The maximum Gasteiger partial charge on any atom is 0.257 e. The second-order valence-electron chi connectivity index (χ2n) is 4.44. The molecule has 0 heterocycles. The molecule has 1 rings (SSSR count). The fraction of sp³-hybridized carbons (Fsp3) is 0.462. The number of alkyl halides is 1. The zero-order valence-corrected chi connectivity index (χ0v) is 11.3. The number of rotatable bonds is 4. The van der Waals surface area contributed by atoms with Crippen molar-refractivity contribution in [2.75, 3.05) is 0 Å². The van der Waals surface area contributed by atoms with Crippen LogP contribution in [0.1, 0.15) is 36.2 Å². The van der Waals surface area contributed by atoms with E-state index in [1.54, 1.807) is 13.8 Å². The molecule has 0 bridgehead atoms. The van der Waals surface area contributed by atoms with Gasteiger partial charge in [0.1, 0.15) is 17.2 Å². The smallest absolute Gasteiger partial charge is 0.257 e. The highest BCUT2D eigenvalue weighted by atomic mass is 35.5. The third kappa shape index (κ3) is 3.67. The fourth-order valence-corrected chi connectivity index (χ4v) is 1.97. The zero-order valence-electron chi connectivity index (χ0n) is 10.6.